The van der Waals surface area contributed by atoms with Crippen LogP contribution >= 0.6 is 11.8 Å². The van der Waals surface area contributed by atoms with Gasteiger partial charge in [0.25, 0.3) is 5.56 Å². The third-order valence-electron chi connectivity index (χ3n) is 4.28. The van der Waals surface area contributed by atoms with Crippen LogP contribution in [0.2, 0.25) is 0 Å². The van der Waals surface area contributed by atoms with Crippen LogP contribution in [0.1, 0.15) is 23.2 Å². The molecule has 1 aromatic heterocycles. The van der Waals surface area contributed by atoms with Crippen LogP contribution in [0.25, 0.3) is 0 Å². The van der Waals surface area contributed by atoms with Gasteiger partial charge in [-0.3, -0.25) is 4.79 Å². The van der Waals surface area contributed by atoms with E-state index in [9.17, 15) is 4.79 Å². The van der Waals surface area contributed by atoms with Crippen LogP contribution in [0.15, 0.2) is 64.5 Å². The first-order valence-electron chi connectivity index (χ1n) is 9.19. The molecule has 6 heteroatoms. The number of hydrogen-bond acceptors (Lipinski definition) is 5. The highest BCUT2D eigenvalue weighted by molar-refractivity contribution is 7.99. The summed E-state index contributed by atoms with van der Waals surface area (Å²) in [5.74, 6) is 2.44. The number of nitrogens with zero attached hydrogens (tertiary/aromatic N) is 1. The van der Waals surface area contributed by atoms with Crippen molar-refractivity contribution in [2.75, 3.05) is 19.5 Å². The van der Waals surface area contributed by atoms with Gasteiger partial charge in [-0.1, -0.05) is 42.1 Å². The number of aryl methyl sites for hydroxylation is 1. The maximum Gasteiger partial charge on any atom is 0.255 e. The van der Waals surface area contributed by atoms with E-state index in [2.05, 4.69) is 9.97 Å². The quantitative estimate of drug-likeness (QED) is 0.333. The molecule has 0 atom stereocenters. The zero-order valence-corrected chi connectivity index (χ0v) is 16.9. The van der Waals surface area contributed by atoms with Crippen molar-refractivity contribution in [3.8, 4) is 11.5 Å². The fraction of sp³-hybridized carbons (Fsp3) is 0.273. The van der Waals surface area contributed by atoms with Crippen LogP contribution in [-0.2, 0) is 6.42 Å². The summed E-state index contributed by atoms with van der Waals surface area (Å²) in [6.45, 7) is 2.50. The molecule has 0 aliphatic rings. The van der Waals surface area contributed by atoms with Crippen LogP contribution < -0.4 is 15.0 Å². The van der Waals surface area contributed by atoms with Crippen LogP contribution in [0.4, 0.5) is 0 Å². The third-order valence-corrected chi connectivity index (χ3v) is 5.24. The van der Waals surface area contributed by atoms with Gasteiger partial charge in [-0.05, 0) is 43.2 Å². The molecule has 3 rings (SSSR count). The molecule has 0 aliphatic carbocycles. The highest BCUT2D eigenvalue weighted by Gasteiger charge is 2.09. The number of hydrogen-bond donors (Lipinski definition) is 1. The first kappa shape index (κ1) is 20.0. The number of nitrogens with one attached hydrogen (secondary N) is 1. The summed E-state index contributed by atoms with van der Waals surface area (Å²) in [4.78, 5) is 19.9. The Hall–Kier alpha value is -2.73. The van der Waals surface area contributed by atoms with Gasteiger partial charge in [0, 0.05) is 23.4 Å². The molecular weight excluding hydrogens is 372 g/mol. The second-order valence-electron chi connectivity index (χ2n) is 6.32. The standard InChI is InChI=1S/C22H24N2O3S/c1-16-20(15-17-7-4-3-5-8-17)21(25)24-22(23-16)28-14-6-13-27-19-11-9-18(26-2)10-12-19/h3-5,7-12H,6,13-15H2,1-2H3,(H,23,24,25). The van der Waals surface area contributed by atoms with E-state index in [4.69, 9.17) is 9.47 Å². The van der Waals surface area contributed by atoms with E-state index in [1.54, 1.807) is 7.11 Å². The van der Waals surface area contributed by atoms with Crippen LogP contribution in [-0.4, -0.2) is 29.4 Å². The molecule has 0 spiro atoms. The summed E-state index contributed by atoms with van der Waals surface area (Å²) in [6, 6.07) is 17.5. The van der Waals surface area contributed by atoms with Gasteiger partial charge in [0.05, 0.1) is 13.7 Å². The van der Waals surface area contributed by atoms with Crippen molar-refractivity contribution in [3.05, 3.63) is 81.8 Å². The fourth-order valence-electron chi connectivity index (χ4n) is 2.75. The summed E-state index contributed by atoms with van der Waals surface area (Å²) in [6.07, 6.45) is 1.45. The number of H-pyrrole nitrogens is 1. The molecule has 146 valence electrons. The highest BCUT2D eigenvalue weighted by atomic mass is 32.2. The molecule has 0 aliphatic heterocycles. The largest absolute Gasteiger partial charge is 0.497 e. The average Bonchev–Trinajstić information content (AvgIpc) is 2.72. The van der Waals surface area contributed by atoms with Gasteiger partial charge in [-0.2, -0.15) is 0 Å². The normalized spacial score (nSPS) is 10.6. The molecule has 0 saturated carbocycles. The van der Waals surface area contributed by atoms with Crippen molar-refractivity contribution in [2.45, 2.75) is 24.9 Å². The van der Waals surface area contributed by atoms with E-state index < -0.39 is 0 Å². The number of aromatic amines is 1. The fourth-order valence-corrected chi connectivity index (χ4v) is 3.57. The Kier molecular flexibility index (Phi) is 7.14. The van der Waals surface area contributed by atoms with Crippen molar-refractivity contribution >= 4 is 11.8 Å². The van der Waals surface area contributed by atoms with Gasteiger partial charge in [0.15, 0.2) is 5.16 Å². The Balaban J connectivity index is 1.48. The van der Waals surface area contributed by atoms with Crippen LogP contribution in [0, 0.1) is 6.92 Å². The first-order valence-corrected chi connectivity index (χ1v) is 10.2. The zero-order chi connectivity index (χ0) is 19.8. The van der Waals surface area contributed by atoms with Gasteiger partial charge in [-0.25, -0.2) is 4.98 Å². The molecule has 1 N–H and O–H groups in total. The Morgan fingerprint density at radius 2 is 1.75 bits per heavy atom. The Bertz CT molecular complexity index is 940. The van der Waals surface area contributed by atoms with E-state index >= 15 is 0 Å². The lowest BCUT2D eigenvalue weighted by molar-refractivity contribution is 0.318. The monoisotopic (exact) mass is 396 g/mol. The second-order valence-corrected chi connectivity index (χ2v) is 7.41. The lowest BCUT2D eigenvalue weighted by Crippen LogP contribution is -2.17. The van der Waals surface area contributed by atoms with Crippen LogP contribution in [0.5, 0.6) is 11.5 Å². The summed E-state index contributed by atoms with van der Waals surface area (Å²) in [5.41, 5.74) is 2.55. The molecule has 0 saturated heterocycles. The number of benzene rings is 2. The summed E-state index contributed by atoms with van der Waals surface area (Å²) in [7, 11) is 1.64. The Labute approximate surface area is 169 Å². The Morgan fingerprint density at radius 1 is 1.04 bits per heavy atom. The maximum atomic E-state index is 12.4. The molecule has 0 bridgehead atoms. The van der Waals surface area contributed by atoms with Gasteiger partial charge in [-0.15, -0.1) is 0 Å². The summed E-state index contributed by atoms with van der Waals surface area (Å²) >= 11 is 1.54. The van der Waals surface area contributed by atoms with Crippen molar-refractivity contribution < 1.29 is 9.47 Å². The van der Waals surface area contributed by atoms with E-state index in [-0.39, 0.29) is 5.56 Å². The van der Waals surface area contributed by atoms with Gasteiger partial charge in [0.2, 0.25) is 0 Å². The second kappa shape index (κ2) is 9.99. The summed E-state index contributed by atoms with van der Waals surface area (Å²) < 4.78 is 10.8. The minimum atomic E-state index is -0.0617. The molecule has 28 heavy (non-hydrogen) atoms. The molecule has 1 heterocycles. The lowest BCUT2D eigenvalue weighted by Gasteiger charge is -2.08. The predicted octanol–water partition coefficient (Wildman–Crippen LogP) is 4.24. The van der Waals surface area contributed by atoms with Gasteiger partial charge >= 0.3 is 0 Å². The Morgan fingerprint density at radius 3 is 2.43 bits per heavy atom. The minimum absolute atomic E-state index is 0.0617. The molecule has 0 radical (unpaired) electrons. The molecule has 5 nitrogen and oxygen atoms in total. The molecule has 0 fully saturated rings. The average molecular weight is 397 g/mol. The maximum absolute atomic E-state index is 12.4. The number of ether oxygens (including phenoxy) is 2. The number of aromatic nitrogens is 2. The van der Waals surface area contributed by atoms with Crippen molar-refractivity contribution in [2.24, 2.45) is 0 Å². The first-order chi connectivity index (χ1) is 13.7. The molecule has 0 amide bonds. The van der Waals surface area contributed by atoms with Crippen molar-refractivity contribution in [3.63, 3.8) is 0 Å². The number of rotatable bonds is 9. The van der Waals surface area contributed by atoms with Crippen molar-refractivity contribution in [1.82, 2.24) is 9.97 Å². The third kappa shape index (κ3) is 5.63. The minimum Gasteiger partial charge on any atom is -0.497 e. The highest BCUT2D eigenvalue weighted by Crippen LogP contribution is 2.18. The van der Waals surface area contributed by atoms with E-state index in [0.29, 0.717) is 18.2 Å². The zero-order valence-electron chi connectivity index (χ0n) is 16.1. The SMILES string of the molecule is COc1ccc(OCCCSc2nc(C)c(Cc3ccccc3)c(=O)[nH]2)cc1. The topological polar surface area (TPSA) is 64.2 Å². The summed E-state index contributed by atoms with van der Waals surface area (Å²) in [5, 5.41) is 0.656. The number of methoxy groups -OCH3 is 1. The smallest absolute Gasteiger partial charge is 0.255 e. The molecule has 3 aromatic rings. The molecule has 0 unspecified atom stereocenters. The van der Waals surface area contributed by atoms with Crippen LogP contribution in [0.3, 0.4) is 0 Å². The van der Waals surface area contributed by atoms with Crippen molar-refractivity contribution in [1.29, 1.82) is 0 Å². The molecule has 2 aromatic carbocycles. The van der Waals surface area contributed by atoms with E-state index in [0.717, 1.165) is 40.5 Å². The van der Waals surface area contributed by atoms with E-state index in [1.165, 1.54) is 11.8 Å². The lowest BCUT2D eigenvalue weighted by atomic mass is 10.1. The number of thioether (sulfide) groups is 1. The van der Waals surface area contributed by atoms with Gasteiger partial charge in [0.1, 0.15) is 11.5 Å². The van der Waals surface area contributed by atoms with E-state index in [1.807, 2.05) is 61.5 Å². The van der Waals surface area contributed by atoms with Gasteiger partial charge < -0.3 is 14.5 Å². The predicted molar refractivity (Wildman–Crippen MR) is 113 cm³/mol. The molecular formula is C22H24N2O3S.